The quantitative estimate of drug-likeness (QED) is 0.399. The summed E-state index contributed by atoms with van der Waals surface area (Å²) in [5, 5.41) is 11.5. The molecule has 0 saturated heterocycles. The number of allylic oxidation sites excluding steroid dienone is 5. The van der Waals surface area contributed by atoms with Gasteiger partial charge in [0, 0.05) is 0 Å². The van der Waals surface area contributed by atoms with Gasteiger partial charge in [-0.2, -0.15) is 0 Å². The van der Waals surface area contributed by atoms with Crippen molar-refractivity contribution in [1.29, 1.82) is 0 Å². The zero-order valence-corrected chi connectivity index (χ0v) is 5.83. The number of rotatable bonds is 0. The molecule has 0 aromatic heterocycles. The van der Waals surface area contributed by atoms with E-state index in [2.05, 4.69) is 11.7 Å². The SMILES string of the molecule is C=C1C=CC(C)=C/C1=N/O. The molecule has 0 radical (unpaired) electrons. The van der Waals surface area contributed by atoms with Crippen LogP contribution in [0.4, 0.5) is 0 Å². The molecule has 0 spiro atoms. The highest BCUT2D eigenvalue weighted by Crippen LogP contribution is 2.10. The van der Waals surface area contributed by atoms with Crippen molar-refractivity contribution in [3.05, 3.63) is 36.0 Å². The average molecular weight is 135 g/mol. The van der Waals surface area contributed by atoms with Gasteiger partial charge in [-0.05, 0) is 24.1 Å². The van der Waals surface area contributed by atoms with Crippen LogP contribution in [0.3, 0.4) is 0 Å². The molecule has 0 bridgehead atoms. The monoisotopic (exact) mass is 135 g/mol. The lowest BCUT2D eigenvalue weighted by Crippen LogP contribution is -1.99. The largest absolute Gasteiger partial charge is 0.410 e. The van der Waals surface area contributed by atoms with Crippen molar-refractivity contribution in [2.75, 3.05) is 0 Å². The highest BCUT2D eigenvalue weighted by molar-refractivity contribution is 6.11. The summed E-state index contributed by atoms with van der Waals surface area (Å²) >= 11 is 0. The van der Waals surface area contributed by atoms with Gasteiger partial charge in [0.1, 0.15) is 5.71 Å². The molecule has 52 valence electrons. The second-order valence-corrected chi connectivity index (χ2v) is 2.23. The molecule has 1 aliphatic rings. The van der Waals surface area contributed by atoms with Crippen molar-refractivity contribution in [3.63, 3.8) is 0 Å². The lowest BCUT2D eigenvalue weighted by molar-refractivity contribution is 0.320. The Morgan fingerprint density at radius 3 is 2.70 bits per heavy atom. The van der Waals surface area contributed by atoms with E-state index in [4.69, 9.17) is 5.21 Å². The van der Waals surface area contributed by atoms with Gasteiger partial charge in [-0.25, -0.2) is 0 Å². The molecule has 2 nitrogen and oxygen atoms in total. The third kappa shape index (κ3) is 1.16. The predicted molar refractivity (Wildman–Crippen MR) is 41.3 cm³/mol. The van der Waals surface area contributed by atoms with E-state index in [1.807, 2.05) is 19.1 Å². The maximum atomic E-state index is 8.43. The standard InChI is InChI=1S/C8H9NO/c1-6-3-4-7(2)8(5-6)9-10/h3-5,10H,2H2,1H3/b9-8-. The first-order chi connectivity index (χ1) is 4.74. The summed E-state index contributed by atoms with van der Waals surface area (Å²) in [4.78, 5) is 0. The molecule has 0 amide bonds. The summed E-state index contributed by atoms with van der Waals surface area (Å²) in [5.74, 6) is 0. The third-order valence-electron chi connectivity index (χ3n) is 1.35. The van der Waals surface area contributed by atoms with E-state index in [9.17, 15) is 0 Å². The first kappa shape index (κ1) is 6.81. The lowest BCUT2D eigenvalue weighted by Gasteiger charge is -2.04. The molecule has 0 heterocycles. The Balaban J connectivity index is 2.99. The number of oxime groups is 1. The molecule has 0 fully saturated rings. The van der Waals surface area contributed by atoms with Crippen molar-refractivity contribution in [2.45, 2.75) is 6.92 Å². The van der Waals surface area contributed by atoms with Crippen LogP contribution in [0.25, 0.3) is 0 Å². The van der Waals surface area contributed by atoms with Gasteiger partial charge in [-0.15, -0.1) is 0 Å². The van der Waals surface area contributed by atoms with Crippen molar-refractivity contribution in [1.82, 2.24) is 0 Å². The third-order valence-corrected chi connectivity index (χ3v) is 1.35. The Bertz CT molecular complexity index is 246. The maximum absolute atomic E-state index is 8.43. The van der Waals surface area contributed by atoms with Crippen LogP contribution in [-0.2, 0) is 0 Å². The van der Waals surface area contributed by atoms with E-state index in [-0.39, 0.29) is 0 Å². The molecule has 0 atom stereocenters. The summed E-state index contributed by atoms with van der Waals surface area (Å²) in [6.07, 6.45) is 5.53. The molecule has 10 heavy (non-hydrogen) atoms. The normalized spacial score (nSPS) is 21.5. The number of hydrogen-bond acceptors (Lipinski definition) is 2. The highest BCUT2D eigenvalue weighted by Gasteiger charge is 2.02. The van der Waals surface area contributed by atoms with Crippen LogP contribution >= 0.6 is 0 Å². The summed E-state index contributed by atoms with van der Waals surface area (Å²) < 4.78 is 0. The van der Waals surface area contributed by atoms with Gasteiger partial charge in [0.15, 0.2) is 0 Å². The first-order valence-corrected chi connectivity index (χ1v) is 3.02. The molecule has 2 heteroatoms. The molecule has 1 aliphatic carbocycles. The van der Waals surface area contributed by atoms with Gasteiger partial charge in [0.05, 0.1) is 0 Å². The summed E-state index contributed by atoms with van der Waals surface area (Å²) in [6.45, 7) is 5.62. The van der Waals surface area contributed by atoms with Crippen LogP contribution in [0.5, 0.6) is 0 Å². The Morgan fingerprint density at radius 2 is 2.20 bits per heavy atom. The van der Waals surface area contributed by atoms with Gasteiger partial charge in [-0.3, -0.25) is 0 Å². The summed E-state index contributed by atoms with van der Waals surface area (Å²) in [5.41, 5.74) is 2.35. The van der Waals surface area contributed by atoms with E-state index in [0.29, 0.717) is 5.71 Å². The van der Waals surface area contributed by atoms with Crippen LogP contribution in [0, 0.1) is 0 Å². The van der Waals surface area contributed by atoms with E-state index in [1.54, 1.807) is 6.08 Å². The molecule has 1 N–H and O–H groups in total. The fraction of sp³-hybridized carbons (Fsp3) is 0.125. The van der Waals surface area contributed by atoms with E-state index < -0.39 is 0 Å². The van der Waals surface area contributed by atoms with E-state index in [1.165, 1.54) is 0 Å². The van der Waals surface area contributed by atoms with Crippen LogP contribution in [0.1, 0.15) is 6.92 Å². The Morgan fingerprint density at radius 1 is 1.50 bits per heavy atom. The van der Waals surface area contributed by atoms with Crippen molar-refractivity contribution < 1.29 is 5.21 Å². The molecule has 0 aliphatic heterocycles. The van der Waals surface area contributed by atoms with Crippen LogP contribution in [-0.4, -0.2) is 10.9 Å². The van der Waals surface area contributed by atoms with Crippen LogP contribution in [0.15, 0.2) is 41.1 Å². The minimum Gasteiger partial charge on any atom is -0.410 e. The van der Waals surface area contributed by atoms with Gasteiger partial charge in [0.25, 0.3) is 0 Å². The Hall–Kier alpha value is -1.31. The second-order valence-electron chi connectivity index (χ2n) is 2.23. The molecule has 0 unspecified atom stereocenters. The molecule has 1 rings (SSSR count). The fourth-order valence-corrected chi connectivity index (χ4v) is 0.767. The second kappa shape index (κ2) is 2.52. The van der Waals surface area contributed by atoms with Gasteiger partial charge >= 0.3 is 0 Å². The Kier molecular flexibility index (Phi) is 1.71. The highest BCUT2D eigenvalue weighted by atomic mass is 16.4. The van der Waals surface area contributed by atoms with Crippen molar-refractivity contribution >= 4 is 5.71 Å². The topological polar surface area (TPSA) is 32.6 Å². The van der Waals surface area contributed by atoms with Gasteiger partial charge in [0.2, 0.25) is 0 Å². The lowest BCUT2D eigenvalue weighted by atomic mass is 10.0. The van der Waals surface area contributed by atoms with Crippen molar-refractivity contribution in [2.24, 2.45) is 5.16 Å². The number of hydrogen-bond donors (Lipinski definition) is 1. The zero-order valence-electron chi connectivity index (χ0n) is 5.83. The Labute approximate surface area is 59.9 Å². The molecular weight excluding hydrogens is 126 g/mol. The van der Waals surface area contributed by atoms with Crippen molar-refractivity contribution in [3.8, 4) is 0 Å². The van der Waals surface area contributed by atoms with E-state index >= 15 is 0 Å². The maximum Gasteiger partial charge on any atom is 0.109 e. The predicted octanol–water partition coefficient (Wildman–Crippen LogP) is 1.89. The molecular formula is C8H9NO. The molecule has 0 aromatic rings. The smallest absolute Gasteiger partial charge is 0.109 e. The zero-order chi connectivity index (χ0) is 7.56. The summed E-state index contributed by atoms with van der Waals surface area (Å²) in [6, 6.07) is 0. The van der Waals surface area contributed by atoms with E-state index in [0.717, 1.165) is 11.1 Å². The van der Waals surface area contributed by atoms with Gasteiger partial charge in [-0.1, -0.05) is 23.9 Å². The number of nitrogens with zero attached hydrogens (tertiary/aromatic N) is 1. The minimum absolute atomic E-state index is 0.542. The average Bonchev–Trinajstić information content (AvgIpc) is 1.94. The van der Waals surface area contributed by atoms with Crippen LogP contribution in [0.2, 0.25) is 0 Å². The summed E-state index contributed by atoms with van der Waals surface area (Å²) in [7, 11) is 0. The minimum atomic E-state index is 0.542. The van der Waals surface area contributed by atoms with Crippen LogP contribution < -0.4 is 0 Å². The molecule has 0 saturated carbocycles. The van der Waals surface area contributed by atoms with Gasteiger partial charge < -0.3 is 5.21 Å². The first-order valence-electron chi connectivity index (χ1n) is 3.02. The molecule has 0 aromatic carbocycles. The fourth-order valence-electron chi connectivity index (χ4n) is 0.767.